The van der Waals surface area contributed by atoms with Gasteiger partial charge in [0.1, 0.15) is 0 Å². The standard InChI is InChI=1S/C19H13NO3/c21-19(12-11-15-6-3-4-8-18(15)20(22)23)17-10-9-14-5-1-2-7-16(14)13-17/h1-13H/b12-11+. The maximum absolute atomic E-state index is 12.3. The molecule has 4 nitrogen and oxygen atoms in total. The van der Waals surface area contributed by atoms with Crippen LogP contribution in [0.15, 0.2) is 72.8 Å². The lowest BCUT2D eigenvalue weighted by Gasteiger charge is -2.00. The summed E-state index contributed by atoms with van der Waals surface area (Å²) < 4.78 is 0. The van der Waals surface area contributed by atoms with Gasteiger partial charge in [-0.2, -0.15) is 0 Å². The average Bonchev–Trinajstić information content (AvgIpc) is 2.59. The zero-order valence-electron chi connectivity index (χ0n) is 12.2. The second-order valence-corrected chi connectivity index (χ2v) is 5.08. The van der Waals surface area contributed by atoms with Crippen LogP contribution in [0.2, 0.25) is 0 Å². The summed E-state index contributed by atoms with van der Waals surface area (Å²) in [5.74, 6) is -0.186. The lowest BCUT2D eigenvalue weighted by atomic mass is 10.0. The van der Waals surface area contributed by atoms with Crippen molar-refractivity contribution in [2.24, 2.45) is 0 Å². The van der Waals surface area contributed by atoms with Crippen molar-refractivity contribution in [3.63, 3.8) is 0 Å². The van der Waals surface area contributed by atoms with E-state index in [0.29, 0.717) is 11.1 Å². The molecule has 4 heteroatoms. The Labute approximate surface area is 132 Å². The van der Waals surface area contributed by atoms with E-state index in [1.165, 1.54) is 18.2 Å². The topological polar surface area (TPSA) is 60.2 Å². The van der Waals surface area contributed by atoms with Crippen molar-refractivity contribution in [1.29, 1.82) is 0 Å². The maximum Gasteiger partial charge on any atom is 0.276 e. The Balaban J connectivity index is 1.90. The predicted molar refractivity (Wildman–Crippen MR) is 90.4 cm³/mol. The highest BCUT2D eigenvalue weighted by Crippen LogP contribution is 2.20. The number of para-hydroxylation sites is 1. The Hall–Kier alpha value is -3.27. The molecule has 0 radical (unpaired) electrons. The van der Waals surface area contributed by atoms with Gasteiger partial charge < -0.3 is 0 Å². The van der Waals surface area contributed by atoms with Gasteiger partial charge in [-0.05, 0) is 35.1 Å². The monoisotopic (exact) mass is 303 g/mol. The van der Waals surface area contributed by atoms with Gasteiger partial charge in [-0.25, -0.2) is 0 Å². The zero-order valence-corrected chi connectivity index (χ0v) is 12.2. The number of carbonyl (C=O) groups excluding carboxylic acids is 1. The van der Waals surface area contributed by atoms with E-state index >= 15 is 0 Å². The highest BCUT2D eigenvalue weighted by Gasteiger charge is 2.10. The summed E-state index contributed by atoms with van der Waals surface area (Å²) in [6, 6.07) is 19.6. The van der Waals surface area contributed by atoms with Crippen LogP contribution in [0.5, 0.6) is 0 Å². The molecule has 3 aromatic rings. The first kappa shape index (κ1) is 14.7. The van der Waals surface area contributed by atoms with E-state index in [1.54, 1.807) is 24.3 Å². The molecule has 0 heterocycles. The van der Waals surface area contributed by atoms with Crippen molar-refractivity contribution in [3.8, 4) is 0 Å². The summed E-state index contributed by atoms with van der Waals surface area (Å²) >= 11 is 0. The molecule has 0 aromatic heterocycles. The van der Waals surface area contributed by atoms with Gasteiger partial charge >= 0.3 is 0 Å². The Morgan fingerprint density at radius 3 is 2.39 bits per heavy atom. The summed E-state index contributed by atoms with van der Waals surface area (Å²) in [6.07, 6.45) is 2.85. The Kier molecular flexibility index (Phi) is 3.97. The minimum absolute atomic E-state index is 0.0185. The molecule has 0 saturated heterocycles. The highest BCUT2D eigenvalue weighted by molar-refractivity contribution is 6.08. The molecular weight excluding hydrogens is 290 g/mol. The fraction of sp³-hybridized carbons (Fsp3) is 0. The van der Waals surface area contributed by atoms with Crippen molar-refractivity contribution in [1.82, 2.24) is 0 Å². The van der Waals surface area contributed by atoms with Crippen LogP contribution in [0, 0.1) is 10.1 Å². The van der Waals surface area contributed by atoms with Crippen LogP contribution in [0.1, 0.15) is 15.9 Å². The summed E-state index contributed by atoms with van der Waals surface area (Å²) in [5, 5.41) is 13.0. The number of hydrogen-bond acceptors (Lipinski definition) is 3. The molecule has 0 amide bonds. The SMILES string of the molecule is O=C(/C=C/c1ccccc1[N+](=O)[O-])c1ccc2ccccc2c1. The van der Waals surface area contributed by atoms with Crippen molar-refractivity contribution in [2.75, 3.05) is 0 Å². The van der Waals surface area contributed by atoms with Crippen LogP contribution in [0.25, 0.3) is 16.8 Å². The minimum Gasteiger partial charge on any atom is -0.289 e. The van der Waals surface area contributed by atoms with E-state index in [0.717, 1.165) is 10.8 Å². The van der Waals surface area contributed by atoms with Crippen molar-refractivity contribution in [2.45, 2.75) is 0 Å². The summed E-state index contributed by atoms with van der Waals surface area (Å²) in [6.45, 7) is 0. The number of fused-ring (bicyclic) bond motifs is 1. The first-order chi connectivity index (χ1) is 11.1. The van der Waals surface area contributed by atoms with Crippen LogP contribution in [-0.4, -0.2) is 10.7 Å². The third kappa shape index (κ3) is 3.16. The molecule has 0 aliphatic rings. The van der Waals surface area contributed by atoms with Gasteiger partial charge in [-0.3, -0.25) is 14.9 Å². The molecular formula is C19H13NO3. The maximum atomic E-state index is 12.3. The van der Waals surface area contributed by atoms with Crippen LogP contribution in [0.4, 0.5) is 5.69 Å². The van der Waals surface area contributed by atoms with E-state index in [4.69, 9.17) is 0 Å². The molecule has 3 rings (SSSR count). The van der Waals surface area contributed by atoms with Crippen LogP contribution < -0.4 is 0 Å². The van der Waals surface area contributed by atoms with Gasteiger partial charge in [-0.15, -0.1) is 0 Å². The lowest BCUT2D eigenvalue weighted by Crippen LogP contribution is -1.95. The summed E-state index contributed by atoms with van der Waals surface area (Å²) in [5.41, 5.74) is 0.945. The Morgan fingerprint density at radius 2 is 1.61 bits per heavy atom. The van der Waals surface area contributed by atoms with E-state index < -0.39 is 4.92 Å². The van der Waals surface area contributed by atoms with Gasteiger partial charge in [0.25, 0.3) is 5.69 Å². The molecule has 0 atom stereocenters. The second-order valence-electron chi connectivity index (χ2n) is 5.08. The van der Waals surface area contributed by atoms with Crippen molar-refractivity contribution in [3.05, 3.63) is 94.0 Å². The zero-order chi connectivity index (χ0) is 16.2. The van der Waals surface area contributed by atoms with Gasteiger partial charge in [0, 0.05) is 11.6 Å². The molecule has 0 N–H and O–H groups in total. The smallest absolute Gasteiger partial charge is 0.276 e. The molecule has 23 heavy (non-hydrogen) atoms. The lowest BCUT2D eigenvalue weighted by molar-refractivity contribution is -0.385. The molecule has 0 saturated carbocycles. The van der Waals surface area contributed by atoms with Gasteiger partial charge in [0.05, 0.1) is 10.5 Å². The molecule has 0 aliphatic heterocycles. The normalized spacial score (nSPS) is 11.0. The quantitative estimate of drug-likeness (QED) is 0.305. The number of nitrogens with zero attached hydrogens (tertiary/aromatic N) is 1. The summed E-state index contributed by atoms with van der Waals surface area (Å²) in [4.78, 5) is 22.8. The number of rotatable bonds is 4. The molecule has 112 valence electrons. The van der Waals surface area contributed by atoms with E-state index in [-0.39, 0.29) is 11.5 Å². The number of ketones is 1. The van der Waals surface area contributed by atoms with Crippen LogP contribution in [0.3, 0.4) is 0 Å². The number of nitro groups is 1. The van der Waals surface area contributed by atoms with Gasteiger partial charge in [0.2, 0.25) is 0 Å². The third-order valence-corrected chi connectivity index (χ3v) is 3.58. The van der Waals surface area contributed by atoms with Crippen molar-refractivity contribution >= 4 is 28.3 Å². The number of allylic oxidation sites excluding steroid dienone is 1. The van der Waals surface area contributed by atoms with Gasteiger partial charge in [-0.1, -0.05) is 48.5 Å². The number of carbonyl (C=O) groups is 1. The van der Waals surface area contributed by atoms with Crippen molar-refractivity contribution < 1.29 is 9.72 Å². The minimum atomic E-state index is -0.458. The summed E-state index contributed by atoms with van der Waals surface area (Å²) in [7, 11) is 0. The Morgan fingerprint density at radius 1 is 0.913 bits per heavy atom. The number of benzene rings is 3. The molecule has 0 unspecified atom stereocenters. The fourth-order valence-electron chi connectivity index (χ4n) is 2.40. The molecule has 0 aliphatic carbocycles. The first-order valence-electron chi connectivity index (χ1n) is 7.10. The largest absolute Gasteiger partial charge is 0.289 e. The highest BCUT2D eigenvalue weighted by atomic mass is 16.6. The molecule has 3 aromatic carbocycles. The van der Waals surface area contributed by atoms with Crippen LogP contribution in [-0.2, 0) is 0 Å². The average molecular weight is 303 g/mol. The van der Waals surface area contributed by atoms with Gasteiger partial charge in [0.15, 0.2) is 5.78 Å². The third-order valence-electron chi connectivity index (χ3n) is 3.58. The van der Waals surface area contributed by atoms with E-state index in [2.05, 4.69) is 0 Å². The van der Waals surface area contributed by atoms with E-state index in [9.17, 15) is 14.9 Å². The van der Waals surface area contributed by atoms with E-state index in [1.807, 2.05) is 36.4 Å². The Bertz CT molecular complexity index is 929. The number of hydrogen-bond donors (Lipinski definition) is 0. The number of nitro benzene ring substituents is 1. The molecule has 0 fully saturated rings. The molecule has 0 bridgehead atoms. The second kappa shape index (κ2) is 6.23. The predicted octanol–water partition coefficient (Wildman–Crippen LogP) is 4.64. The molecule has 0 spiro atoms. The van der Waals surface area contributed by atoms with Crippen LogP contribution >= 0.6 is 0 Å². The fourth-order valence-corrected chi connectivity index (χ4v) is 2.40. The first-order valence-corrected chi connectivity index (χ1v) is 7.10.